The molecule has 0 saturated carbocycles. The number of anilines is 1. The minimum Gasteiger partial charge on any atom is -0.457 e. The number of hydrogen-bond donors (Lipinski definition) is 2. The number of ether oxygens (including phenoxy) is 1. The van der Waals surface area contributed by atoms with E-state index in [1.807, 2.05) is 42.5 Å². The molecule has 1 aliphatic heterocycles. The van der Waals surface area contributed by atoms with E-state index in [1.165, 1.54) is 0 Å². The number of imidazole rings is 1. The second-order valence-electron chi connectivity index (χ2n) is 7.06. The third kappa shape index (κ3) is 2.11. The molecule has 5 heteroatoms. The molecule has 1 aliphatic carbocycles. The van der Waals surface area contributed by atoms with Gasteiger partial charge in [-0.3, -0.25) is 0 Å². The number of nitrogens with two attached hydrogens (primary N) is 1. The van der Waals surface area contributed by atoms with Crippen molar-refractivity contribution in [1.82, 2.24) is 9.97 Å². The zero-order valence-corrected chi connectivity index (χ0v) is 15.6. The Morgan fingerprint density at radius 1 is 1.07 bits per heavy atom. The molecular formula is C23H15N3OS. The number of thiocarbonyl (C=S) groups is 1. The largest absolute Gasteiger partial charge is 0.457 e. The van der Waals surface area contributed by atoms with Crippen LogP contribution in [0.2, 0.25) is 0 Å². The fourth-order valence-electron chi connectivity index (χ4n) is 4.07. The van der Waals surface area contributed by atoms with E-state index in [4.69, 9.17) is 27.7 Å². The van der Waals surface area contributed by atoms with E-state index in [9.17, 15) is 0 Å². The van der Waals surface area contributed by atoms with Crippen LogP contribution < -0.4 is 10.5 Å². The number of H-pyrrole nitrogens is 1. The van der Waals surface area contributed by atoms with Gasteiger partial charge in [-0.05, 0) is 47.2 Å². The maximum Gasteiger partial charge on any atom is 0.139 e. The molecule has 2 aliphatic rings. The van der Waals surface area contributed by atoms with Crippen LogP contribution in [0.1, 0.15) is 6.42 Å². The van der Waals surface area contributed by atoms with Gasteiger partial charge in [-0.2, -0.15) is 0 Å². The van der Waals surface area contributed by atoms with E-state index in [-0.39, 0.29) is 0 Å². The molecule has 1 aromatic heterocycles. The number of nitrogens with one attached hydrogen (secondary N) is 1. The van der Waals surface area contributed by atoms with Crippen LogP contribution in [0, 0.1) is 21.1 Å². The molecule has 0 fully saturated rings. The van der Waals surface area contributed by atoms with Gasteiger partial charge in [-0.15, -0.1) is 0 Å². The van der Waals surface area contributed by atoms with Crippen LogP contribution in [-0.4, -0.2) is 14.8 Å². The van der Waals surface area contributed by atoms with E-state index < -0.39 is 0 Å². The summed E-state index contributed by atoms with van der Waals surface area (Å²) in [7, 11) is 0. The first kappa shape index (κ1) is 15.6. The minimum absolute atomic E-state index is 0.699. The molecule has 3 bridgehead atoms. The molecule has 0 unspecified atom stereocenters. The van der Waals surface area contributed by atoms with Crippen LogP contribution in [0.3, 0.4) is 0 Å². The number of fused-ring (bicyclic) bond motifs is 5. The van der Waals surface area contributed by atoms with E-state index in [1.54, 1.807) is 0 Å². The van der Waals surface area contributed by atoms with Crippen molar-refractivity contribution in [2.45, 2.75) is 6.42 Å². The topological polar surface area (TPSA) is 63.9 Å². The van der Waals surface area contributed by atoms with E-state index in [0.717, 1.165) is 59.3 Å². The van der Waals surface area contributed by atoms with Crippen molar-refractivity contribution in [3.8, 4) is 5.75 Å². The van der Waals surface area contributed by atoms with Crippen LogP contribution in [0.5, 0.6) is 5.75 Å². The van der Waals surface area contributed by atoms with Crippen molar-refractivity contribution in [1.29, 1.82) is 0 Å². The van der Waals surface area contributed by atoms with E-state index in [2.05, 4.69) is 23.2 Å². The quantitative estimate of drug-likeness (QED) is 0.341. The summed E-state index contributed by atoms with van der Waals surface area (Å²) in [6.45, 7) is 0. The summed E-state index contributed by atoms with van der Waals surface area (Å²) in [4.78, 5) is 9.11. The zero-order valence-electron chi connectivity index (χ0n) is 14.8. The Kier molecular flexibility index (Phi) is 3.08. The van der Waals surface area contributed by atoms with Gasteiger partial charge >= 0.3 is 0 Å². The summed E-state index contributed by atoms with van der Waals surface area (Å²) >= 11 is 5.25. The Morgan fingerprint density at radius 3 is 2.82 bits per heavy atom. The van der Waals surface area contributed by atoms with Gasteiger partial charge in [-0.1, -0.05) is 36.5 Å². The van der Waals surface area contributed by atoms with Gasteiger partial charge in [0.15, 0.2) is 0 Å². The van der Waals surface area contributed by atoms with Crippen LogP contribution in [-0.2, 0) is 0 Å². The molecule has 134 valence electrons. The molecule has 4 nitrogen and oxygen atoms in total. The van der Waals surface area contributed by atoms with Gasteiger partial charge in [0.1, 0.15) is 17.0 Å². The highest BCUT2D eigenvalue weighted by molar-refractivity contribution is 7.80. The standard InChI is InChI=1S/C23H15N3OS/c24-21-16-9-10-17-22(21)26-23(25-17)20-15-4-2-1-3-12(15)11-18(19(16)20)27-13-5-7-14(28)8-6-13/h1-7,9-11H,8,24H2,(H,25,26). The number of hydrogen-bond acceptors (Lipinski definition) is 4. The van der Waals surface area contributed by atoms with Crippen molar-refractivity contribution in [3.05, 3.63) is 87.6 Å². The Bertz CT molecular complexity index is 1600. The normalized spacial score (nSPS) is 14.6. The number of nitrogen functional groups attached to an aromatic ring is 1. The molecule has 2 heterocycles. The van der Waals surface area contributed by atoms with E-state index >= 15 is 0 Å². The lowest BCUT2D eigenvalue weighted by atomic mass is 10.0. The van der Waals surface area contributed by atoms with Crippen LogP contribution in [0.4, 0.5) is 5.69 Å². The molecule has 0 atom stereocenters. The molecule has 0 spiro atoms. The maximum absolute atomic E-state index is 6.51. The average molecular weight is 381 g/mol. The van der Waals surface area contributed by atoms with Gasteiger partial charge in [0.05, 0.1) is 16.7 Å². The zero-order chi connectivity index (χ0) is 18.8. The summed E-state index contributed by atoms with van der Waals surface area (Å²) in [6, 6.07) is 14.4. The maximum atomic E-state index is 6.51. The molecule has 3 aromatic carbocycles. The van der Waals surface area contributed by atoms with Crippen molar-refractivity contribution in [2.24, 2.45) is 0 Å². The first-order valence-corrected chi connectivity index (χ1v) is 9.53. The summed E-state index contributed by atoms with van der Waals surface area (Å²) in [6.07, 6.45) is 6.56. The summed E-state index contributed by atoms with van der Waals surface area (Å²) in [5.41, 5.74) is 9.78. The highest BCUT2D eigenvalue weighted by Crippen LogP contribution is 2.32. The highest BCUT2D eigenvalue weighted by Gasteiger charge is 2.15. The second kappa shape index (κ2) is 5.53. The predicted molar refractivity (Wildman–Crippen MR) is 115 cm³/mol. The monoisotopic (exact) mass is 381 g/mol. The van der Waals surface area contributed by atoms with Gasteiger partial charge in [0.2, 0.25) is 0 Å². The van der Waals surface area contributed by atoms with Crippen molar-refractivity contribution >= 4 is 44.6 Å². The summed E-state index contributed by atoms with van der Waals surface area (Å²) < 4.78 is 6.36. The molecular weight excluding hydrogens is 366 g/mol. The molecule has 6 rings (SSSR count). The molecule has 0 radical (unpaired) electrons. The van der Waals surface area contributed by atoms with E-state index in [0.29, 0.717) is 12.1 Å². The molecule has 28 heavy (non-hydrogen) atoms. The third-order valence-electron chi connectivity index (χ3n) is 5.38. The lowest BCUT2D eigenvalue weighted by Crippen LogP contribution is -2.02. The van der Waals surface area contributed by atoms with Gasteiger partial charge in [0, 0.05) is 26.9 Å². The molecule has 0 saturated heterocycles. The number of rotatable bonds is 2. The summed E-state index contributed by atoms with van der Waals surface area (Å²) in [5.74, 6) is 1.55. The summed E-state index contributed by atoms with van der Waals surface area (Å²) in [5, 5.41) is 5.17. The Labute approximate surface area is 165 Å². The first-order chi connectivity index (χ1) is 13.7. The molecule has 0 amide bonds. The molecule has 3 N–H and O–H groups in total. The number of nitrogens with zero attached hydrogens (tertiary/aromatic N) is 1. The Balaban J connectivity index is 1.82. The fourth-order valence-corrected chi connectivity index (χ4v) is 4.22. The van der Waals surface area contributed by atoms with Gasteiger partial charge in [0.25, 0.3) is 0 Å². The smallest absolute Gasteiger partial charge is 0.139 e. The minimum atomic E-state index is 0.699. The van der Waals surface area contributed by atoms with Crippen LogP contribution in [0.25, 0.3) is 21.8 Å². The second-order valence-corrected chi connectivity index (χ2v) is 7.59. The van der Waals surface area contributed by atoms with Crippen LogP contribution in [0.15, 0.2) is 66.5 Å². The first-order valence-electron chi connectivity index (χ1n) is 9.12. The number of allylic oxidation sites excluding steroid dienone is 3. The van der Waals surface area contributed by atoms with Crippen molar-refractivity contribution < 1.29 is 4.74 Å². The number of aromatic nitrogens is 2. The average Bonchev–Trinajstić information content (AvgIpc) is 3.11. The predicted octanol–water partition coefficient (Wildman–Crippen LogP) is 4.78. The Hall–Kier alpha value is -3.44. The fraction of sp³-hybridized carbons (Fsp3) is 0.0435. The third-order valence-corrected chi connectivity index (χ3v) is 5.69. The Morgan fingerprint density at radius 2 is 1.96 bits per heavy atom. The SMILES string of the molecule is Nc1c2ccc3nc([nH]c13)=c1c=2c(OC2=CCC(=S)C=C2)cc2ccccc12. The van der Waals surface area contributed by atoms with Gasteiger partial charge in [-0.25, -0.2) is 4.98 Å². The number of aromatic amines is 1. The van der Waals surface area contributed by atoms with Crippen molar-refractivity contribution in [2.75, 3.05) is 5.73 Å². The van der Waals surface area contributed by atoms with Crippen molar-refractivity contribution in [3.63, 3.8) is 0 Å². The lowest BCUT2D eigenvalue weighted by Gasteiger charge is -2.13. The van der Waals surface area contributed by atoms with Crippen LogP contribution >= 0.6 is 12.2 Å². The number of benzene rings is 3. The lowest BCUT2D eigenvalue weighted by molar-refractivity contribution is 0.439. The van der Waals surface area contributed by atoms with Gasteiger partial charge < -0.3 is 15.5 Å². The highest BCUT2D eigenvalue weighted by atomic mass is 32.1. The molecule has 4 aromatic rings.